The van der Waals surface area contributed by atoms with Crippen molar-refractivity contribution in [3.8, 4) is 44.5 Å². The molecule has 14 rings (SSSR count). The maximum Gasteiger partial charge on any atom is 0.0541 e. The summed E-state index contributed by atoms with van der Waals surface area (Å²) in [5.41, 5.74) is 13.6. The number of anilines is 3. The van der Waals surface area contributed by atoms with E-state index in [4.69, 9.17) is 0 Å². The first-order valence-electron chi connectivity index (χ1n) is 21.3. The molecule has 0 N–H and O–H groups in total. The summed E-state index contributed by atoms with van der Waals surface area (Å²) in [6.07, 6.45) is 0. The van der Waals surface area contributed by atoms with E-state index in [9.17, 15) is 0 Å². The van der Waals surface area contributed by atoms with Crippen LogP contribution in [0.25, 0.3) is 120 Å². The molecule has 0 atom stereocenters. The van der Waals surface area contributed by atoms with E-state index in [1.54, 1.807) is 0 Å². The lowest BCUT2D eigenvalue weighted by atomic mass is 9.85. The van der Waals surface area contributed by atoms with Crippen molar-refractivity contribution in [3.05, 3.63) is 212 Å². The second-order valence-electron chi connectivity index (χ2n) is 16.7. The normalized spacial score (nSPS) is 12.6. The summed E-state index contributed by atoms with van der Waals surface area (Å²) in [5, 5.41) is 18.2. The highest BCUT2D eigenvalue weighted by Crippen LogP contribution is 2.56. The third-order valence-electron chi connectivity index (χ3n) is 13.7. The number of para-hydroxylation sites is 2. The lowest BCUT2D eigenvalue weighted by molar-refractivity contribution is 1.31. The smallest absolute Gasteiger partial charge is 0.0541 e. The van der Waals surface area contributed by atoms with E-state index in [0.717, 1.165) is 0 Å². The predicted molar refractivity (Wildman–Crippen MR) is 261 cm³/mol. The third-order valence-corrected chi connectivity index (χ3v) is 13.7. The first-order chi connectivity index (χ1) is 30.3. The van der Waals surface area contributed by atoms with E-state index < -0.39 is 0 Å². The minimum absolute atomic E-state index is 1.18. The summed E-state index contributed by atoms with van der Waals surface area (Å²) in [6, 6.07) is 79.4. The lowest BCUT2D eigenvalue weighted by Gasteiger charge is -2.28. The summed E-state index contributed by atoms with van der Waals surface area (Å²) >= 11 is 0. The Morgan fingerprint density at radius 3 is 1.23 bits per heavy atom. The van der Waals surface area contributed by atoms with Crippen molar-refractivity contribution in [2.75, 3.05) is 4.90 Å². The van der Waals surface area contributed by atoms with Crippen LogP contribution >= 0.6 is 0 Å². The number of nitrogens with zero attached hydrogens (tertiary/aromatic N) is 1. The topological polar surface area (TPSA) is 3.24 Å². The highest BCUT2D eigenvalue weighted by atomic mass is 15.2. The van der Waals surface area contributed by atoms with Crippen LogP contribution in [-0.4, -0.2) is 0 Å². The van der Waals surface area contributed by atoms with Crippen LogP contribution in [0.3, 0.4) is 0 Å². The van der Waals surface area contributed by atoms with Gasteiger partial charge in [-0.05, 0) is 134 Å². The molecule has 1 nitrogen and oxygen atoms in total. The Balaban J connectivity index is 1.18. The van der Waals surface area contributed by atoms with Crippen molar-refractivity contribution < 1.29 is 0 Å². The van der Waals surface area contributed by atoms with Crippen LogP contribution in [0.1, 0.15) is 0 Å². The molecule has 0 radical (unpaired) electrons. The molecule has 61 heavy (non-hydrogen) atoms. The predicted octanol–water partition coefficient (Wildman–Crippen LogP) is 17.1. The van der Waals surface area contributed by atoms with Gasteiger partial charge in [-0.2, -0.15) is 0 Å². The van der Waals surface area contributed by atoms with Gasteiger partial charge in [0.2, 0.25) is 0 Å². The molecular formula is C60H35N. The van der Waals surface area contributed by atoms with Crippen molar-refractivity contribution in [1.82, 2.24) is 0 Å². The second kappa shape index (κ2) is 12.3. The zero-order chi connectivity index (χ0) is 39.8. The monoisotopic (exact) mass is 769 g/mol. The van der Waals surface area contributed by atoms with Gasteiger partial charge in [-0.15, -0.1) is 0 Å². The van der Waals surface area contributed by atoms with E-state index in [0.29, 0.717) is 0 Å². The number of benzene rings is 11. The zero-order valence-corrected chi connectivity index (χ0v) is 33.2. The van der Waals surface area contributed by atoms with Gasteiger partial charge in [-0.1, -0.05) is 182 Å². The average molecular weight is 770 g/mol. The van der Waals surface area contributed by atoms with Gasteiger partial charge in [0.05, 0.1) is 17.1 Å². The fraction of sp³-hybridized carbons (Fsp3) is 0. The fourth-order valence-electron chi connectivity index (χ4n) is 11.3. The molecule has 1 aliphatic heterocycles. The molecular weight excluding hydrogens is 735 g/mol. The van der Waals surface area contributed by atoms with E-state index in [1.165, 1.54) is 137 Å². The van der Waals surface area contributed by atoms with Gasteiger partial charge in [-0.3, -0.25) is 0 Å². The zero-order valence-electron chi connectivity index (χ0n) is 33.2. The van der Waals surface area contributed by atoms with Crippen molar-refractivity contribution in [2.24, 2.45) is 0 Å². The fourth-order valence-corrected chi connectivity index (χ4v) is 11.3. The molecule has 0 unspecified atom stereocenters. The Morgan fingerprint density at radius 2 is 0.672 bits per heavy atom. The van der Waals surface area contributed by atoms with Crippen LogP contribution in [0.5, 0.6) is 0 Å². The van der Waals surface area contributed by atoms with Gasteiger partial charge < -0.3 is 4.90 Å². The van der Waals surface area contributed by atoms with Crippen LogP contribution < -0.4 is 4.90 Å². The molecule has 0 amide bonds. The van der Waals surface area contributed by atoms with E-state index >= 15 is 0 Å². The minimum Gasteiger partial charge on any atom is -0.309 e. The Kier molecular flexibility index (Phi) is 6.62. The Hall–Kier alpha value is -8.00. The van der Waals surface area contributed by atoms with Crippen LogP contribution in [0, 0.1) is 0 Å². The molecule has 0 saturated heterocycles. The standard InChI is InChI=1S/C60H35N/c1-3-16-37(17-4-1)56-50-34-48-43-26-13-20-36-21-14-27-44(55(36)43)49(48)35-51(50)57(38-18-5-2-6-19-38)60-47-32-33-54(45-28-15-29-46(58(45)47)59(56)60)61-52-30-11-9-24-41(52)39-22-7-8-23-40(39)42-25-10-12-31-53(42)61/h1-35H. The number of fused-ring (bicyclic) bond motifs is 12. The van der Waals surface area contributed by atoms with Gasteiger partial charge >= 0.3 is 0 Å². The van der Waals surface area contributed by atoms with Crippen LogP contribution in [0.15, 0.2) is 212 Å². The van der Waals surface area contributed by atoms with E-state index in [1.807, 2.05) is 0 Å². The molecule has 0 saturated carbocycles. The molecule has 0 spiro atoms. The maximum absolute atomic E-state index is 2.52. The average Bonchev–Trinajstić information content (AvgIpc) is 3.78. The SMILES string of the molecule is c1ccc(-c2c3cc4c(cc3c(-c3ccccc3)c3c5ccc(N6c7ccccc7-c7ccccc7-c7ccccc76)c6cccc(c23)c65)c2cccc3cccc4c32)cc1. The van der Waals surface area contributed by atoms with Gasteiger partial charge in [0, 0.05) is 16.5 Å². The summed E-state index contributed by atoms with van der Waals surface area (Å²) in [6.45, 7) is 0. The van der Waals surface area contributed by atoms with E-state index in [-0.39, 0.29) is 0 Å². The molecule has 280 valence electrons. The third kappa shape index (κ3) is 4.39. The number of hydrogen-bond donors (Lipinski definition) is 0. The molecule has 1 aliphatic rings. The highest BCUT2D eigenvalue weighted by molar-refractivity contribution is 6.42. The molecule has 13 aromatic carbocycles. The quantitative estimate of drug-likeness (QED) is 0.173. The first-order valence-corrected chi connectivity index (χ1v) is 21.3. The highest BCUT2D eigenvalue weighted by Gasteiger charge is 2.30. The van der Waals surface area contributed by atoms with Crippen LogP contribution in [-0.2, 0) is 0 Å². The molecule has 0 aliphatic carbocycles. The van der Waals surface area contributed by atoms with Crippen molar-refractivity contribution in [2.45, 2.75) is 0 Å². The molecule has 0 bridgehead atoms. The van der Waals surface area contributed by atoms with Gasteiger partial charge in [0.15, 0.2) is 0 Å². The molecule has 13 aromatic rings. The van der Waals surface area contributed by atoms with Crippen molar-refractivity contribution in [1.29, 1.82) is 0 Å². The Labute approximate surface area is 352 Å². The lowest BCUT2D eigenvalue weighted by Crippen LogP contribution is -2.11. The van der Waals surface area contributed by atoms with Crippen LogP contribution in [0.4, 0.5) is 17.1 Å². The number of rotatable bonds is 3. The first kappa shape index (κ1) is 32.9. The summed E-state index contributed by atoms with van der Waals surface area (Å²) < 4.78 is 0. The molecule has 0 fully saturated rings. The Morgan fingerprint density at radius 1 is 0.230 bits per heavy atom. The van der Waals surface area contributed by atoms with Crippen molar-refractivity contribution in [3.63, 3.8) is 0 Å². The van der Waals surface area contributed by atoms with Gasteiger partial charge in [0.1, 0.15) is 0 Å². The Bertz CT molecular complexity index is 3710. The molecule has 1 heteroatoms. The summed E-state index contributed by atoms with van der Waals surface area (Å²) in [4.78, 5) is 2.52. The summed E-state index contributed by atoms with van der Waals surface area (Å²) in [7, 11) is 0. The van der Waals surface area contributed by atoms with Gasteiger partial charge in [-0.25, -0.2) is 0 Å². The molecule has 0 aromatic heterocycles. The van der Waals surface area contributed by atoms with Crippen LogP contribution in [0.2, 0.25) is 0 Å². The minimum atomic E-state index is 1.18. The number of hydrogen-bond acceptors (Lipinski definition) is 1. The van der Waals surface area contributed by atoms with E-state index in [2.05, 4.69) is 217 Å². The summed E-state index contributed by atoms with van der Waals surface area (Å²) in [5.74, 6) is 0. The molecule has 1 heterocycles. The van der Waals surface area contributed by atoms with Gasteiger partial charge in [0.25, 0.3) is 0 Å². The van der Waals surface area contributed by atoms with Crippen molar-refractivity contribution >= 4 is 92.5 Å². The largest absolute Gasteiger partial charge is 0.309 e. The maximum atomic E-state index is 2.52. The second-order valence-corrected chi connectivity index (χ2v) is 16.7.